The maximum Gasteiger partial charge on any atom is 0.258 e. The number of anilines is 2. The van der Waals surface area contributed by atoms with Crippen molar-refractivity contribution in [3.8, 4) is 0 Å². The summed E-state index contributed by atoms with van der Waals surface area (Å²) >= 11 is 5.84. The number of nitrogens with zero attached hydrogens (tertiary/aromatic N) is 2. The Kier molecular flexibility index (Phi) is 7.28. The predicted octanol–water partition coefficient (Wildman–Crippen LogP) is 4.27. The molecule has 0 aliphatic heterocycles. The monoisotopic (exact) mass is 442 g/mol. The Morgan fingerprint density at radius 1 is 1.06 bits per heavy atom. The third kappa shape index (κ3) is 5.82. The van der Waals surface area contributed by atoms with Gasteiger partial charge >= 0.3 is 0 Å². The molecule has 3 rings (SSSR count). The Morgan fingerprint density at radius 2 is 1.77 bits per heavy atom. The lowest BCUT2D eigenvalue weighted by Gasteiger charge is -2.33. The number of carbonyl (C=O) groups is 3. The van der Waals surface area contributed by atoms with Gasteiger partial charge in [-0.3, -0.25) is 14.4 Å². The minimum atomic E-state index is -0.361. The summed E-state index contributed by atoms with van der Waals surface area (Å²) in [6.07, 6.45) is 4.44. The number of halogens is 1. The molecule has 1 aromatic carbocycles. The zero-order chi connectivity index (χ0) is 22.5. The molecule has 3 amide bonds. The summed E-state index contributed by atoms with van der Waals surface area (Å²) in [5, 5.41) is 6.14. The Morgan fingerprint density at radius 3 is 2.39 bits per heavy atom. The van der Waals surface area contributed by atoms with Gasteiger partial charge in [-0.25, -0.2) is 4.98 Å². The molecular formula is C23H27ClN4O3. The molecule has 0 bridgehead atoms. The summed E-state index contributed by atoms with van der Waals surface area (Å²) in [4.78, 5) is 43.1. The van der Waals surface area contributed by atoms with E-state index >= 15 is 0 Å². The van der Waals surface area contributed by atoms with Crippen LogP contribution in [0.25, 0.3) is 0 Å². The summed E-state index contributed by atoms with van der Waals surface area (Å²) in [7, 11) is 1.81. The second-order valence-electron chi connectivity index (χ2n) is 7.99. The third-order valence-corrected chi connectivity index (χ3v) is 5.98. The normalized spacial score (nSPS) is 18.2. The number of aromatic nitrogens is 1. The van der Waals surface area contributed by atoms with E-state index in [1.807, 2.05) is 13.0 Å². The molecule has 7 nitrogen and oxygen atoms in total. The van der Waals surface area contributed by atoms with Crippen LogP contribution in [0.5, 0.6) is 0 Å². The first-order valence-corrected chi connectivity index (χ1v) is 10.7. The second-order valence-corrected chi connectivity index (χ2v) is 8.43. The van der Waals surface area contributed by atoms with E-state index in [4.69, 9.17) is 11.6 Å². The van der Waals surface area contributed by atoms with Crippen LogP contribution in [0.4, 0.5) is 11.5 Å². The summed E-state index contributed by atoms with van der Waals surface area (Å²) in [5.41, 5.74) is 1.74. The molecule has 1 aromatic heterocycles. The molecule has 1 fully saturated rings. The van der Waals surface area contributed by atoms with Gasteiger partial charge < -0.3 is 15.5 Å². The van der Waals surface area contributed by atoms with E-state index in [2.05, 4.69) is 15.6 Å². The quantitative estimate of drug-likeness (QED) is 0.723. The first kappa shape index (κ1) is 22.7. The number of hydrogen-bond acceptors (Lipinski definition) is 4. The van der Waals surface area contributed by atoms with E-state index in [0.717, 1.165) is 18.4 Å². The number of nitrogens with one attached hydrogen (secondary N) is 2. The van der Waals surface area contributed by atoms with Gasteiger partial charge in [-0.1, -0.05) is 23.2 Å². The number of rotatable bonds is 5. The van der Waals surface area contributed by atoms with Gasteiger partial charge in [-0.05, 0) is 56.9 Å². The van der Waals surface area contributed by atoms with Crippen LogP contribution in [0.1, 0.15) is 48.5 Å². The standard InChI is InChI=1S/C23H27ClN4O3/c1-14-4-10-20(19(12-14)23(31)27-21-11-7-17(24)13-25-21)26-22(30)16-5-8-18(9-6-16)28(3)15(2)29/h4,7,10-13,16,18H,5-6,8-9H2,1-3H3,(H,26,30)(H,25,27,31)/t16-,18-. The lowest BCUT2D eigenvalue weighted by molar-refractivity contribution is -0.130. The Balaban J connectivity index is 1.68. The number of benzene rings is 1. The summed E-state index contributed by atoms with van der Waals surface area (Å²) in [6.45, 7) is 3.44. The van der Waals surface area contributed by atoms with E-state index < -0.39 is 0 Å². The second kappa shape index (κ2) is 9.92. The number of hydrogen-bond donors (Lipinski definition) is 2. The Bertz CT molecular complexity index is 969. The number of carbonyl (C=O) groups excluding carboxylic acids is 3. The maximum atomic E-state index is 12.9. The maximum absolute atomic E-state index is 12.9. The molecule has 8 heteroatoms. The van der Waals surface area contributed by atoms with Gasteiger partial charge in [-0.15, -0.1) is 0 Å². The summed E-state index contributed by atoms with van der Waals surface area (Å²) in [6, 6.07) is 8.76. The molecule has 0 unspecified atom stereocenters. The molecule has 0 spiro atoms. The Hall–Kier alpha value is -2.93. The van der Waals surface area contributed by atoms with Crippen molar-refractivity contribution in [2.24, 2.45) is 5.92 Å². The third-order valence-electron chi connectivity index (χ3n) is 5.76. The van der Waals surface area contributed by atoms with Gasteiger partial charge in [0, 0.05) is 32.1 Å². The molecule has 31 heavy (non-hydrogen) atoms. The molecule has 0 atom stereocenters. The van der Waals surface area contributed by atoms with Gasteiger partial charge in [-0.2, -0.15) is 0 Å². The van der Waals surface area contributed by atoms with Crippen LogP contribution >= 0.6 is 11.6 Å². The van der Waals surface area contributed by atoms with Gasteiger partial charge in [0.1, 0.15) is 5.82 Å². The number of aryl methyl sites for hydroxylation is 1. The minimum Gasteiger partial charge on any atom is -0.343 e. The molecule has 1 heterocycles. The SMILES string of the molecule is CC(=O)N(C)[C@H]1CC[C@H](C(=O)Nc2ccc(C)cc2C(=O)Nc2ccc(Cl)cn2)CC1. The minimum absolute atomic E-state index is 0.0402. The summed E-state index contributed by atoms with van der Waals surface area (Å²) < 4.78 is 0. The fourth-order valence-corrected chi connectivity index (χ4v) is 3.92. The van der Waals surface area contributed by atoms with Crippen LogP contribution in [0.2, 0.25) is 5.02 Å². The Labute approximate surface area is 187 Å². The van der Waals surface area contributed by atoms with Gasteiger partial charge in [0.15, 0.2) is 0 Å². The van der Waals surface area contributed by atoms with Gasteiger partial charge in [0.05, 0.1) is 16.3 Å². The highest BCUT2D eigenvalue weighted by Crippen LogP contribution is 2.29. The van der Waals surface area contributed by atoms with Crippen molar-refractivity contribution in [2.75, 3.05) is 17.7 Å². The molecule has 2 aromatic rings. The molecule has 1 aliphatic carbocycles. The first-order chi connectivity index (χ1) is 14.7. The smallest absolute Gasteiger partial charge is 0.258 e. The van der Waals surface area contributed by atoms with Crippen molar-refractivity contribution in [1.82, 2.24) is 9.88 Å². The van der Waals surface area contributed by atoms with Crippen LogP contribution < -0.4 is 10.6 Å². The number of pyridine rings is 1. The van der Waals surface area contributed by atoms with E-state index in [-0.39, 0.29) is 29.7 Å². The fraction of sp³-hybridized carbons (Fsp3) is 0.391. The molecule has 0 radical (unpaired) electrons. The highest BCUT2D eigenvalue weighted by Gasteiger charge is 2.29. The van der Waals surface area contributed by atoms with E-state index in [1.165, 1.54) is 6.20 Å². The van der Waals surface area contributed by atoms with E-state index in [9.17, 15) is 14.4 Å². The van der Waals surface area contributed by atoms with Crippen LogP contribution in [0, 0.1) is 12.8 Å². The van der Waals surface area contributed by atoms with Crippen molar-refractivity contribution in [1.29, 1.82) is 0 Å². The van der Waals surface area contributed by atoms with Crippen molar-refractivity contribution >= 4 is 40.8 Å². The average molecular weight is 443 g/mol. The molecule has 1 aliphatic rings. The predicted molar refractivity (Wildman–Crippen MR) is 121 cm³/mol. The zero-order valence-corrected chi connectivity index (χ0v) is 18.7. The highest BCUT2D eigenvalue weighted by atomic mass is 35.5. The van der Waals surface area contributed by atoms with Crippen molar-refractivity contribution in [2.45, 2.75) is 45.6 Å². The van der Waals surface area contributed by atoms with Crippen molar-refractivity contribution < 1.29 is 14.4 Å². The van der Waals surface area contributed by atoms with Gasteiger partial charge in [0.25, 0.3) is 5.91 Å². The number of amides is 3. The molecule has 1 saturated carbocycles. The molecule has 2 N–H and O–H groups in total. The van der Waals surface area contributed by atoms with Crippen molar-refractivity contribution in [3.63, 3.8) is 0 Å². The van der Waals surface area contributed by atoms with Crippen LogP contribution in [0.3, 0.4) is 0 Å². The van der Waals surface area contributed by atoms with E-state index in [1.54, 1.807) is 43.1 Å². The fourth-order valence-electron chi connectivity index (χ4n) is 3.81. The summed E-state index contributed by atoms with van der Waals surface area (Å²) in [5.74, 6) is -0.196. The lowest BCUT2D eigenvalue weighted by Crippen LogP contribution is -2.40. The molecule has 164 valence electrons. The molecular weight excluding hydrogens is 416 g/mol. The first-order valence-electron chi connectivity index (χ1n) is 10.3. The topological polar surface area (TPSA) is 91.4 Å². The lowest BCUT2D eigenvalue weighted by atomic mass is 9.84. The highest BCUT2D eigenvalue weighted by molar-refractivity contribution is 6.30. The average Bonchev–Trinajstić information content (AvgIpc) is 2.76. The van der Waals surface area contributed by atoms with E-state index in [0.29, 0.717) is 34.9 Å². The van der Waals surface area contributed by atoms with Crippen LogP contribution in [-0.2, 0) is 9.59 Å². The van der Waals surface area contributed by atoms with Crippen LogP contribution in [0.15, 0.2) is 36.5 Å². The van der Waals surface area contributed by atoms with Crippen LogP contribution in [-0.4, -0.2) is 40.7 Å². The zero-order valence-electron chi connectivity index (χ0n) is 17.9. The van der Waals surface area contributed by atoms with Crippen molar-refractivity contribution in [3.05, 3.63) is 52.7 Å². The molecule has 0 saturated heterocycles. The largest absolute Gasteiger partial charge is 0.343 e. The van der Waals surface area contributed by atoms with Gasteiger partial charge in [0.2, 0.25) is 11.8 Å².